The summed E-state index contributed by atoms with van der Waals surface area (Å²) in [6.45, 7) is 2.01. The molecule has 0 aliphatic heterocycles. The van der Waals surface area contributed by atoms with Gasteiger partial charge in [-0.1, -0.05) is 36.4 Å². The zero-order valence-corrected chi connectivity index (χ0v) is 15.6. The van der Waals surface area contributed by atoms with E-state index in [2.05, 4.69) is 30.2 Å². The van der Waals surface area contributed by atoms with Crippen molar-refractivity contribution in [2.45, 2.75) is 13.0 Å². The Morgan fingerprint density at radius 1 is 0.966 bits per heavy atom. The number of anilines is 1. The highest BCUT2D eigenvalue weighted by atomic mass is 19.1. The molecule has 0 spiro atoms. The van der Waals surface area contributed by atoms with E-state index >= 15 is 0 Å². The number of aromatic amines is 1. The molecule has 0 saturated heterocycles. The fourth-order valence-corrected chi connectivity index (χ4v) is 3.63. The van der Waals surface area contributed by atoms with E-state index < -0.39 is 0 Å². The molecule has 0 saturated carbocycles. The van der Waals surface area contributed by atoms with E-state index in [0.717, 1.165) is 27.5 Å². The van der Waals surface area contributed by atoms with Crippen LogP contribution in [0.2, 0.25) is 0 Å². The van der Waals surface area contributed by atoms with Gasteiger partial charge in [0.1, 0.15) is 17.7 Å². The van der Waals surface area contributed by atoms with Gasteiger partial charge >= 0.3 is 0 Å². The number of pyridine rings is 1. The summed E-state index contributed by atoms with van der Waals surface area (Å²) in [7, 11) is 0. The van der Waals surface area contributed by atoms with Crippen molar-refractivity contribution in [3.63, 3.8) is 0 Å². The quantitative estimate of drug-likeness (QED) is 0.462. The van der Waals surface area contributed by atoms with Gasteiger partial charge in [0.2, 0.25) is 0 Å². The zero-order valence-electron chi connectivity index (χ0n) is 15.6. The molecule has 2 aromatic carbocycles. The number of fused-ring (bicyclic) bond motifs is 2. The van der Waals surface area contributed by atoms with Crippen molar-refractivity contribution in [3.05, 3.63) is 78.8 Å². The van der Waals surface area contributed by atoms with Crippen molar-refractivity contribution in [1.29, 1.82) is 0 Å². The molecule has 3 aromatic heterocycles. The fourth-order valence-electron chi connectivity index (χ4n) is 3.63. The van der Waals surface area contributed by atoms with Crippen LogP contribution in [0.15, 0.2) is 67.4 Å². The maximum atomic E-state index is 14.8. The molecule has 1 atom stereocenters. The molecular weight excluding hydrogens is 367 g/mol. The first kappa shape index (κ1) is 17.2. The second kappa shape index (κ2) is 6.94. The smallest absolute Gasteiger partial charge is 0.182 e. The molecule has 1 unspecified atom stereocenters. The van der Waals surface area contributed by atoms with Crippen molar-refractivity contribution in [2.75, 3.05) is 5.32 Å². The minimum absolute atomic E-state index is 0.169. The number of H-pyrrole nitrogens is 1. The maximum Gasteiger partial charge on any atom is 0.182 e. The third-order valence-electron chi connectivity index (χ3n) is 4.99. The van der Waals surface area contributed by atoms with Crippen LogP contribution < -0.4 is 5.32 Å². The first-order valence-electron chi connectivity index (χ1n) is 9.25. The number of nitrogens with zero attached hydrogens (tertiary/aromatic N) is 4. The molecular formula is C22H17FN6. The second-order valence-electron chi connectivity index (χ2n) is 6.77. The number of nitrogens with one attached hydrogen (secondary N) is 2. The number of rotatable bonds is 4. The topological polar surface area (TPSA) is 79.4 Å². The Morgan fingerprint density at radius 2 is 1.86 bits per heavy atom. The average molecular weight is 384 g/mol. The molecule has 0 amide bonds. The van der Waals surface area contributed by atoms with Crippen molar-refractivity contribution < 1.29 is 4.39 Å². The minimum atomic E-state index is -0.280. The Kier molecular flexibility index (Phi) is 4.13. The lowest BCUT2D eigenvalue weighted by Crippen LogP contribution is -2.10. The molecule has 7 heteroatoms. The van der Waals surface area contributed by atoms with E-state index in [-0.39, 0.29) is 11.9 Å². The van der Waals surface area contributed by atoms with Gasteiger partial charge in [0.15, 0.2) is 11.5 Å². The van der Waals surface area contributed by atoms with Crippen molar-refractivity contribution in [2.24, 2.45) is 0 Å². The molecule has 0 bridgehead atoms. The molecule has 2 N–H and O–H groups in total. The maximum absolute atomic E-state index is 14.8. The highest BCUT2D eigenvalue weighted by molar-refractivity contribution is 5.96. The summed E-state index contributed by atoms with van der Waals surface area (Å²) in [6, 6.07) is 14.5. The third kappa shape index (κ3) is 2.97. The number of benzene rings is 2. The third-order valence-corrected chi connectivity index (χ3v) is 4.99. The predicted octanol–water partition coefficient (Wildman–Crippen LogP) is 4.88. The van der Waals surface area contributed by atoms with Gasteiger partial charge in [-0.3, -0.25) is 4.98 Å². The SMILES string of the molecule is CC(Nc1ncnc2nc[nH]c12)c1ccc2cccnc2c1-c1ccccc1F. The molecule has 5 aromatic rings. The summed E-state index contributed by atoms with van der Waals surface area (Å²) < 4.78 is 14.8. The Bertz CT molecular complexity index is 1330. The zero-order chi connectivity index (χ0) is 19.8. The lowest BCUT2D eigenvalue weighted by Gasteiger charge is -2.20. The Hall–Kier alpha value is -3.87. The Morgan fingerprint density at radius 3 is 2.76 bits per heavy atom. The van der Waals surface area contributed by atoms with Crippen LogP contribution in [-0.4, -0.2) is 24.9 Å². The molecule has 0 aliphatic rings. The van der Waals surface area contributed by atoms with E-state index in [4.69, 9.17) is 0 Å². The minimum Gasteiger partial charge on any atom is -0.362 e. The lowest BCUT2D eigenvalue weighted by atomic mass is 9.92. The Labute approximate surface area is 165 Å². The van der Waals surface area contributed by atoms with Gasteiger partial charge in [0.25, 0.3) is 0 Å². The standard InChI is InChI=1S/C22H17FN6/c1-13(29-22-20-21(26-11-25-20)27-12-28-22)15-9-8-14-5-4-10-24-19(14)18(15)16-6-2-3-7-17(16)23/h2-13H,1H3,(H2,25,26,27,28,29). The molecule has 142 valence electrons. The number of hydrogen-bond donors (Lipinski definition) is 2. The summed E-state index contributed by atoms with van der Waals surface area (Å²) in [5.41, 5.74) is 4.30. The summed E-state index contributed by atoms with van der Waals surface area (Å²) in [5, 5.41) is 4.37. The van der Waals surface area contributed by atoms with Gasteiger partial charge in [-0.2, -0.15) is 0 Å². The van der Waals surface area contributed by atoms with E-state index in [9.17, 15) is 4.39 Å². The normalized spacial score (nSPS) is 12.3. The average Bonchev–Trinajstić information content (AvgIpc) is 3.23. The van der Waals surface area contributed by atoms with Crippen molar-refractivity contribution in [3.8, 4) is 11.1 Å². The van der Waals surface area contributed by atoms with Gasteiger partial charge in [0, 0.05) is 22.7 Å². The van der Waals surface area contributed by atoms with E-state index in [1.54, 1.807) is 24.7 Å². The van der Waals surface area contributed by atoms with Crippen LogP contribution >= 0.6 is 0 Å². The fraction of sp³-hybridized carbons (Fsp3) is 0.0909. The van der Waals surface area contributed by atoms with Crippen LogP contribution in [0, 0.1) is 5.82 Å². The number of imidazole rings is 1. The van der Waals surface area contributed by atoms with Gasteiger partial charge in [-0.15, -0.1) is 0 Å². The van der Waals surface area contributed by atoms with Crippen LogP contribution in [0.25, 0.3) is 33.2 Å². The van der Waals surface area contributed by atoms with Crippen molar-refractivity contribution in [1.82, 2.24) is 24.9 Å². The lowest BCUT2D eigenvalue weighted by molar-refractivity contribution is 0.631. The summed E-state index contributed by atoms with van der Waals surface area (Å²) in [5.74, 6) is 0.359. The largest absolute Gasteiger partial charge is 0.362 e. The number of hydrogen-bond acceptors (Lipinski definition) is 5. The van der Waals surface area contributed by atoms with Crippen LogP contribution in [0.3, 0.4) is 0 Å². The predicted molar refractivity (Wildman–Crippen MR) is 111 cm³/mol. The van der Waals surface area contributed by atoms with E-state index in [1.165, 1.54) is 12.4 Å². The monoisotopic (exact) mass is 384 g/mol. The highest BCUT2D eigenvalue weighted by Gasteiger charge is 2.19. The van der Waals surface area contributed by atoms with Gasteiger partial charge in [-0.25, -0.2) is 19.3 Å². The highest BCUT2D eigenvalue weighted by Crippen LogP contribution is 2.36. The number of aromatic nitrogens is 5. The van der Waals surface area contributed by atoms with Crippen LogP contribution in [0.5, 0.6) is 0 Å². The summed E-state index contributed by atoms with van der Waals surface area (Å²) in [4.78, 5) is 20.3. The molecule has 3 heterocycles. The summed E-state index contributed by atoms with van der Waals surface area (Å²) in [6.07, 6.45) is 4.78. The second-order valence-corrected chi connectivity index (χ2v) is 6.77. The first-order valence-corrected chi connectivity index (χ1v) is 9.25. The van der Waals surface area contributed by atoms with Crippen molar-refractivity contribution >= 4 is 27.9 Å². The molecule has 5 rings (SSSR count). The Balaban J connectivity index is 1.67. The molecule has 0 radical (unpaired) electrons. The number of halogens is 1. The van der Waals surface area contributed by atoms with Gasteiger partial charge in [0.05, 0.1) is 17.9 Å². The van der Waals surface area contributed by atoms with Crippen LogP contribution in [0.1, 0.15) is 18.5 Å². The molecule has 0 aliphatic carbocycles. The van der Waals surface area contributed by atoms with Gasteiger partial charge in [-0.05, 0) is 24.6 Å². The van der Waals surface area contributed by atoms with E-state index in [0.29, 0.717) is 17.0 Å². The van der Waals surface area contributed by atoms with Gasteiger partial charge < -0.3 is 10.3 Å². The van der Waals surface area contributed by atoms with E-state index in [1.807, 2.05) is 37.3 Å². The van der Waals surface area contributed by atoms with Crippen LogP contribution in [0.4, 0.5) is 10.2 Å². The first-order chi connectivity index (χ1) is 14.2. The van der Waals surface area contributed by atoms with Crippen LogP contribution in [-0.2, 0) is 0 Å². The molecule has 29 heavy (non-hydrogen) atoms. The molecule has 0 fully saturated rings. The summed E-state index contributed by atoms with van der Waals surface area (Å²) >= 11 is 0. The molecule has 6 nitrogen and oxygen atoms in total.